The van der Waals surface area contributed by atoms with Crippen LogP contribution in [-0.4, -0.2) is 59.4 Å². The van der Waals surface area contributed by atoms with Gasteiger partial charge in [-0.15, -0.1) is 0 Å². The number of Topliss-reactive ketones (excluding diaryl/α,β-unsaturated/α-hetero) is 1. The monoisotopic (exact) mass is 492 g/mol. The second-order valence-electron chi connectivity index (χ2n) is 9.26. The van der Waals surface area contributed by atoms with Gasteiger partial charge in [-0.3, -0.25) is 9.59 Å². The molecule has 1 aliphatic heterocycles. The van der Waals surface area contributed by atoms with Crippen LogP contribution < -0.4 is 4.74 Å². The summed E-state index contributed by atoms with van der Waals surface area (Å²) in [6, 6.07) is 15.8. The Balaban J connectivity index is 1.90. The third-order valence-electron chi connectivity index (χ3n) is 6.62. The van der Waals surface area contributed by atoms with E-state index in [4.69, 9.17) is 4.74 Å². The average molecular weight is 493 g/mol. The normalized spacial score (nSPS) is 17.2. The smallest absolute Gasteiger partial charge is 0.295 e. The van der Waals surface area contributed by atoms with Crippen molar-refractivity contribution < 1.29 is 19.4 Å². The molecule has 1 heterocycles. The van der Waals surface area contributed by atoms with Gasteiger partial charge in [-0.05, 0) is 63.5 Å². The molecule has 1 atom stereocenters. The van der Waals surface area contributed by atoms with Gasteiger partial charge in [-0.1, -0.05) is 69.2 Å². The molecule has 0 saturated carbocycles. The van der Waals surface area contributed by atoms with Gasteiger partial charge >= 0.3 is 0 Å². The van der Waals surface area contributed by atoms with E-state index in [9.17, 15) is 14.7 Å². The molecule has 0 bridgehead atoms. The lowest BCUT2D eigenvalue weighted by molar-refractivity contribution is -0.140. The number of rotatable bonds is 14. The second-order valence-corrected chi connectivity index (χ2v) is 9.26. The van der Waals surface area contributed by atoms with Crippen molar-refractivity contribution in [3.05, 3.63) is 71.3 Å². The number of benzene rings is 2. The Morgan fingerprint density at radius 2 is 1.50 bits per heavy atom. The summed E-state index contributed by atoms with van der Waals surface area (Å²) in [5.41, 5.74) is 1.45. The van der Waals surface area contributed by atoms with Crippen LogP contribution in [0, 0.1) is 0 Å². The van der Waals surface area contributed by atoms with Crippen LogP contribution >= 0.6 is 0 Å². The number of likely N-dealkylation sites (tertiary alicyclic amines) is 1. The van der Waals surface area contributed by atoms with Crippen molar-refractivity contribution in [2.75, 3.05) is 32.8 Å². The molecule has 194 valence electrons. The lowest BCUT2D eigenvalue weighted by Gasteiger charge is -2.27. The van der Waals surface area contributed by atoms with E-state index in [0.29, 0.717) is 18.7 Å². The van der Waals surface area contributed by atoms with Gasteiger partial charge in [0.15, 0.2) is 0 Å². The van der Waals surface area contributed by atoms with E-state index in [1.54, 1.807) is 29.2 Å². The topological polar surface area (TPSA) is 70.1 Å². The molecule has 0 aromatic heterocycles. The van der Waals surface area contributed by atoms with Crippen molar-refractivity contribution >= 4 is 17.4 Å². The Bertz CT molecular complexity index is 1010. The predicted molar refractivity (Wildman–Crippen MR) is 144 cm³/mol. The Hall–Kier alpha value is -3.12. The molecule has 1 N–H and O–H groups in total. The molecule has 2 aromatic rings. The van der Waals surface area contributed by atoms with Crippen LogP contribution in [-0.2, 0) is 9.59 Å². The molecule has 0 radical (unpaired) electrons. The molecule has 36 heavy (non-hydrogen) atoms. The maximum atomic E-state index is 13.2. The maximum absolute atomic E-state index is 13.2. The quantitative estimate of drug-likeness (QED) is 0.205. The van der Waals surface area contributed by atoms with Crippen molar-refractivity contribution in [2.45, 2.75) is 58.9 Å². The maximum Gasteiger partial charge on any atom is 0.295 e. The molecular weight excluding hydrogens is 452 g/mol. The van der Waals surface area contributed by atoms with Gasteiger partial charge < -0.3 is 19.6 Å². The lowest BCUT2D eigenvalue weighted by atomic mass is 9.95. The highest BCUT2D eigenvalue weighted by Crippen LogP contribution is 2.39. The first kappa shape index (κ1) is 27.5. The van der Waals surface area contributed by atoms with Crippen molar-refractivity contribution in [1.29, 1.82) is 0 Å². The molecule has 1 aliphatic rings. The van der Waals surface area contributed by atoms with Crippen LogP contribution in [0.2, 0.25) is 0 Å². The lowest BCUT2D eigenvalue weighted by Crippen LogP contribution is -2.34. The number of unbranched alkanes of at least 4 members (excludes halogenated alkanes) is 2. The zero-order chi connectivity index (χ0) is 25.9. The van der Waals surface area contributed by atoms with Crippen LogP contribution in [0.3, 0.4) is 0 Å². The third kappa shape index (κ3) is 6.76. The Morgan fingerprint density at radius 1 is 0.889 bits per heavy atom. The van der Waals surface area contributed by atoms with Gasteiger partial charge in [0.2, 0.25) is 0 Å². The fourth-order valence-corrected chi connectivity index (χ4v) is 4.69. The first-order chi connectivity index (χ1) is 17.5. The first-order valence-corrected chi connectivity index (χ1v) is 13.3. The largest absolute Gasteiger partial charge is 0.507 e. The van der Waals surface area contributed by atoms with Crippen LogP contribution in [0.15, 0.2) is 60.2 Å². The van der Waals surface area contributed by atoms with E-state index < -0.39 is 17.7 Å². The molecule has 0 spiro atoms. The molecule has 0 aliphatic carbocycles. The summed E-state index contributed by atoms with van der Waals surface area (Å²) in [6.07, 6.45) is 5.36. The van der Waals surface area contributed by atoms with Gasteiger partial charge in [-0.2, -0.15) is 0 Å². The predicted octanol–water partition coefficient (Wildman–Crippen LogP) is 5.80. The fraction of sp³-hybridized carbons (Fsp3) is 0.467. The molecule has 1 unspecified atom stereocenters. The zero-order valence-electron chi connectivity index (χ0n) is 21.9. The Morgan fingerprint density at radius 3 is 2.08 bits per heavy atom. The van der Waals surface area contributed by atoms with Gasteiger partial charge in [-0.25, -0.2) is 0 Å². The number of ether oxygens (including phenoxy) is 1. The number of aliphatic hydroxyl groups is 1. The highest BCUT2D eigenvalue weighted by molar-refractivity contribution is 6.46. The van der Waals surface area contributed by atoms with Crippen molar-refractivity contribution in [2.24, 2.45) is 0 Å². The van der Waals surface area contributed by atoms with E-state index in [-0.39, 0.29) is 11.3 Å². The number of ketones is 1. The van der Waals surface area contributed by atoms with E-state index in [2.05, 4.69) is 18.7 Å². The summed E-state index contributed by atoms with van der Waals surface area (Å²) in [5, 5.41) is 11.2. The minimum atomic E-state index is -0.638. The first-order valence-electron chi connectivity index (χ1n) is 13.3. The zero-order valence-corrected chi connectivity index (χ0v) is 21.9. The third-order valence-corrected chi connectivity index (χ3v) is 6.62. The second kappa shape index (κ2) is 13.8. The Kier molecular flexibility index (Phi) is 10.6. The molecule has 1 saturated heterocycles. The van der Waals surface area contributed by atoms with Gasteiger partial charge in [0.1, 0.15) is 11.5 Å². The highest BCUT2D eigenvalue weighted by atomic mass is 16.5. The van der Waals surface area contributed by atoms with Crippen molar-refractivity contribution in [3.63, 3.8) is 0 Å². The summed E-state index contributed by atoms with van der Waals surface area (Å²) in [4.78, 5) is 30.5. The van der Waals surface area contributed by atoms with E-state index in [1.165, 1.54) is 0 Å². The number of hydrogen-bond acceptors (Lipinski definition) is 5. The average Bonchev–Trinajstić information content (AvgIpc) is 3.15. The molecule has 3 rings (SSSR count). The van der Waals surface area contributed by atoms with Gasteiger partial charge in [0.05, 0.1) is 18.2 Å². The number of aliphatic hydroxyl groups excluding tert-OH is 1. The van der Waals surface area contributed by atoms with E-state index >= 15 is 0 Å². The summed E-state index contributed by atoms with van der Waals surface area (Å²) < 4.78 is 5.58. The fourth-order valence-electron chi connectivity index (χ4n) is 4.69. The van der Waals surface area contributed by atoms with Crippen LogP contribution in [0.25, 0.3) is 5.76 Å². The summed E-state index contributed by atoms with van der Waals surface area (Å²) in [6.45, 7) is 10.3. The molecule has 6 nitrogen and oxygen atoms in total. The SMILES string of the molecule is CCCCN(CCCC)CCCN1C(=O)C(=O)/C(=C(/O)c2ccccc2)C1c1ccc(OCC)cc1. The number of amides is 1. The number of carbonyl (C=O) groups is 2. The molecule has 2 aromatic carbocycles. The highest BCUT2D eigenvalue weighted by Gasteiger charge is 2.45. The minimum Gasteiger partial charge on any atom is -0.507 e. The summed E-state index contributed by atoms with van der Waals surface area (Å²) in [7, 11) is 0. The summed E-state index contributed by atoms with van der Waals surface area (Å²) >= 11 is 0. The Labute approximate surface area is 215 Å². The standard InChI is InChI=1S/C30H40N2O4/c1-4-7-19-31(20-8-5-2)21-12-22-32-27(23-15-17-25(18-16-23)36-6-3)26(29(34)30(32)35)28(33)24-13-10-9-11-14-24/h9-11,13-18,27,33H,4-8,12,19-22H2,1-3H3/b28-26+. The van der Waals surface area contributed by atoms with E-state index in [0.717, 1.165) is 63.1 Å². The van der Waals surface area contributed by atoms with Crippen molar-refractivity contribution in [3.8, 4) is 5.75 Å². The van der Waals surface area contributed by atoms with Gasteiger partial charge in [0.25, 0.3) is 11.7 Å². The van der Waals surface area contributed by atoms with Gasteiger partial charge in [0, 0.05) is 12.1 Å². The summed E-state index contributed by atoms with van der Waals surface area (Å²) in [5.74, 6) is -0.601. The number of nitrogens with zero attached hydrogens (tertiary/aromatic N) is 2. The molecular formula is C30H40N2O4. The molecule has 6 heteroatoms. The number of hydrogen-bond donors (Lipinski definition) is 1. The number of carbonyl (C=O) groups excluding carboxylic acids is 2. The van der Waals surface area contributed by atoms with E-state index in [1.807, 2.05) is 37.3 Å². The van der Waals surface area contributed by atoms with Crippen LogP contribution in [0.5, 0.6) is 5.75 Å². The minimum absolute atomic E-state index is 0.136. The molecule has 1 amide bonds. The van der Waals surface area contributed by atoms with Crippen LogP contribution in [0.1, 0.15) is 70.0 Å². The van der Waals surface area contributed by atoms with Crippen LogP contribution in [0.4, 0.5) is 0 Å². The van der Waals surface area contributed by atoms with Crippen molar-refractivity contribution in [1.82, 2.24) is 9.80 Å². The molecule has 1 fully saturated rings.